The normalized spacial score (nSPS) is 10.2. The van der Waals surface area contributed by atoms with Crippen molar-refractivity contribution in [3.05, 3.63) is 30.1 Å². The van der Waals surface area contributed by atoms with Crippen molar-refractivity contribution in [3.63, 3.8) is 0 Å². The summed E-state index contributed by atoms with van der Waals surface area (Å²) in [5, 5.41) is 3.06. The summed E-state index contributed by atoms with van der Waals surface area (Å²) < 4.78 is 5.10. The Labute approximate surface area is 118 Å². The zero-order valence-corrected chi connectivity index (χ0v) is 11.9. The van der Waals surface area contributed by atoms with Gasteiger partial charge in [-0.15, -0.1) is 0 Å². The summed E-state index contributed by atoms with van der Waals surface area (Å²) in [5.41, 5.74) is 1.08. The maximum absolute atomic E-state index is 5.10. The Kier molecular flexibility index (Phi) is 4.65. The molecule has 0 saturated carbocycles. The number of hydrogen-bond donors (Lipinski definition) is 1. The van der Waals surface area contributed by atoms with Crippen molar-refractivity contribution >= 4 is 11.9 Å². The van der Waals surface area contributed by atoms with E-state index in [9.17, 15) is 0 Å². The molecule has 7 nitrogen and oxygen atoms in total. The van der Waals surface area contributed by atoms with E-state index in [0.29, 0.717) is 24.5 Å². The maximum atomic E-state index is 5.10. The summed E-state index contributed by atoms with van der Waals surface area (Å²) in [6, 6.07) is 4.21. The van der Waals surface area contributed by atoms with Gasteiger partial charge in [-0.25, -0.2) is 0 Å². The number of aromatic nitrogens is 4. The fraction of sp³-hybridized carbons (Fsp3) is 0.385. The SMILES string of the molecule is CCNc1nc(OC)nc(N(C)Cc2cccnc2)n1. The average molecular weight is 274 g/mol. The highest BCUT2D eigenvalue weighted by Crippen LogP contribution is 2.15. The van der Waals surface area contributed by atoms with Crippen LogP contribution in [0.15, 0.2) is 24.5 Å². The molecule has 0 amide bonds. The number of rotatable bonds is 6. The minimum absolute atomic E-state index is 0.295. The predicted molar refractivity (Wildman–Crippen MR) is 76.9 cm³/mol. The molecule has 2 aromatic rings. The summed E-state index contributed by atoms with van der Waals surface area (Å²) in [5.74, 6) is 1.06. The van der Waals surface area contributed by atoms with Gasteiger partial charge in [0.25, 0.3) is 0 Å². The van der Waals surface area contributed by atoms with E-state index in [1.165, 1.54) is 7.11 Å². The van der Waals surface area contributed by atoms with E-state index in [-0.39, 0.29) is 0 Å². The van der Waals surface area contributed by atoms with Crippen molar-refractivity contribution in [3.8, 4) is 6.01 Å². The lowest BCUT2D eigenvalue weighted by Crippen LogP contribution is -2.20. The van der Waals surface area contributed by atoms with Gasteiger partial charge >= 0.3 is 6.01 Å². The van der Waals surface area contributed by atoms with Gasteiger partial charge in [0, 0.05) is 32.5 Å². The number of pyridine rings is 1. The third-order valence-electron chi connectivity index (χ3n) is 2.60. The molecule has 2 aromatic heterocycles. The Balaban J connectivity index is 2.19. The molecule has 0 aliphatic heterocycles. The summed E-state index contributed by atoms with van der Waals surface area (Å²) in [6.45, 7) is 3.38. The Hall–Kier alpha value is -2.44. The lowest BCUT2D eigenvalue weighted by molar-refractivity contribution is 0.379. The van der Waals surface area contributed by atoms with Crippen molar-refractivity contribution in [2.75, 3.05) is 30.9 Å². The zero-order valence-electron chi connectivity index (χ0n) is 11.9. The number of nitrogens with one attached hydrogen (secondary N) is 1. The average Bonchev–Trinajstić information content (AvgIpc) is 2.48. The van der Waals surface area contributed by atoms with Crippen molar-refractivity contribution in [1.82, 2.24) is 19.9 Å². The van der Waals surface area contributed by atoms with Gasteiger partial charge in [-0.2, -0.15) is 15.0 Å². The first-order chi connectivity index (χ1) is 9.72. The van der Waals surface area contributed by atoms with Gasteiger partial charge < -0.3 is 15.0 Å². The van der Waals surface area contributed by atoms with Gasteiger partial charge in [0.05, 0.1) is 7.11 Å². The molecule has 2 heterocycles. The van der Waals surface area contributed by atoms with Crippen LogP contribution in [0.5, 0.6) is 6.01 Å². The summed E-state index contributed by atoms with van der Waals surface area (Å²) in [4.78, 5) is 18.8. The molecule has 20 heavy (non-hydrogen) atoms. The monoisotopic (exact) mass is 274 g/mol. The molecule has 0 aliphatic rings. The van der Waals surface area contributed by atoms with Crippen LogP contribution in [0, 0.1) is 0 Å². The quantitative estimate of drug-likeness (QED) is 0.851. The number of nitrogens with zero attached hydrogens (tertiary/aromatic N) is 5. The maximum Gasteiger partial charge on any atom is 0.322 e. The number of anilines is 2. The third-order valence-corrected chi connectivity index (χ3v) is 2.60. The molecule has 0 atom stereocenters. The van der Waals surface area contributed by atoms with Crippen molar-refractivity contribution < 1.29 is 4.74 Å². The Morgan fingerprint density at radius 3 is 2.80 bits per heavy atom. The molecule has 106 valence electrons. The van der Waals surface area contributed by atoms with E-state index in [2.05, 4.69) is 25.3 Å². The van der Waals surface area contributed by atoms with Gasteiger partial charge in [0.15, 0.2) is 0 Å². The molecule has 1 N–H and O–H groups in total. The van der Waals surface area contributed by atoms with Crippen LogP contribution in [0.2, 0.25) is 0 Å². The molecule has 0 saturated heterocycles. The second kappa shape index (κ2) is 6.65. The van der Waals surface area contributed by atoms with E-state index in [4.69, 9.17) is 4.74 Å². The summed E-state index contributed by atoms with van der Waals surface area (Å²) in [7, 11) is 3.45. The van der Waals surface area contributed by atoms with E-state index >= 15 is 0 Å². The van der Waals surface area contributed by atoms with Crippen LogP contribution in [0.3, 0.4) is 0 Å². The molecule has 0 aromatic carbocycles. The molecular weight excluding hydrogens is 256 g/mol. The van der Waals surface area contributed by atoms with E-state index in [0.717, 1.165) is 12.1 Å². The Bertz CT molecular complexity index is 548. The largest absolute Gasteiger partial charge is 0.467 e. The molecule has 7 heteroatoms. The van der Waals surface area contributed by atoms with Crippen molar-refractivity contribution in [2.24, 2.45) is 0 Å². The van der Waals surface area contributed by atoms with Crippen LogP contribution in [0.25, 0.3) is 0 Å². The number of hydrogen-bond acceptors (Lipinski definition) is 7. The second-order valence-corrected chi connectivity index (χ2v) is 4.19. The van der Waals surface area contributed by atoms with Gasteiger partial charge in [-0.05, 0) is 18.6 Å². The highest BCUT2D eigenvalue weighted by Gasteiger charge is 2.11. The summed E-state index contributed by atoms with van der Waals surface area (Å²) in [6.07, 6.45) is 3.57. The molecular formula is C13H18N6O. The lowest BCUT2D eigenvalue weighted by Gasteiger charge is -2.17. The first kappa shape index (κ1) is 14.0. The van der Waals surface area contributed by atoms with Crippen LogP contribution < -0.4 is 15.0 Å². The minimum atomic E-state index is 0.295. The van der Waals surface area contributed by atoms with Gasteiger partial charge in [-0.1, -0.05) is 6.07 Å². The Morgan fingerprint density at radius 2 is 2.15 bits per heavy atom. The summed E-state index contributed by atoms with van der Waals surface area (Å²) >= 11 is 0. The van der Waals surface area contributed by atoms with Crippen LogP contribution in [0.4, 0.5) is 11.9 Å². The molecule has 2 rings (SSSR count). The van der Waals surface area contributed by atoms with Crippen molar-refractivity contribution in [2.45, 2.75) is 13.5 Å². The smallest absolute Gasteiger partial charge is 0.322 e. The fourth-order valence-corrected chi connectivity index (χ4v) is 1.68. The molecule has 0 unspecified atom stereocenters. The van der Waals surface area contributed by atoms with E-state index in [1.807, 2.05) is 37.2 Å². The van der Waals surface area contributed by atoms with Crippen LogP contribution in [-0.2, 0) is 6.54 Å². The van der Waals surface area contributed by atoms with Crippen LogP contribution in [-0.4, -0.2) is 40.6 Å². The van der Waals surface area contributed by atoms with Crippen LogP contribution >= 0.6 is 0 Å². The number of methoxy groups -OCH3 is 1. The number of ether oxygens (including phenoxy) is 1. The fourth-order valence-electron chi connectivity index (χ4n) is 1.68. The molecule has 0 aliphatic carbocycles. The standard InChI is InChI=1S/C13H18N6O/c1-4-15-11-16-12(18-13(17-11)20-3)19(2)9-10-6-5-7-14-8-10/h5-8H,4,9H2,1-3H3,(H,15,16,17,18). The highest BCUT2D eigenvalue weighted by molar-refractivity contribution is 5.38. The topological polar surface area (TPSA) is 76.1 Å². The molecule has 0 fully saturated rings. The first-order valence-electron chi connectivity index (χ1n) is 6.37. The second-order valence-electron chi connectivity index (χ2n) is 4.19. The Morgan fingerprint density at radius 1 is 1.30 bits per heavy atom. The third kappa shape index (κ3) is 3.53. The van der Waals surface area contributed by atoms with Crippen molar-refractivity contribution in [1.29, 1.82) is 0 Å². The zero-order chi connectivity index (χ0) is 14.4. The molecule has 0 radical (unpaired) electrons. The highest BCUT2D eigenvalue weighted by atomic mass is 16.5. The van der Waals surface area contributed by atoms with E-state index < -0.39 is 0 Å². The van der Waals surface area contributed by atoms with Gasteiger partial charge in [0.1, 0.15) is 0 Å². The van der Waals surface area contributed by atoms with Gasteiger partial charge in [0.2, 0.25) is 11.9 Å². The minimum Gasteiger partial charge on any atom is -0.467 e. The first-order valence-corrected chi connectivity index (χ1v) is 6.37. The van der Waals surface area contributed by atoms with E-state index in [1.54, 1.807) is 6.20 Å². The molecule has 0 spiro atoms. The van der Waals surface area contributed by atoms with Gasteiger partial charge in [-0.3, -0.25) is 4.98 Å². The molecule has 0 bridgehead atoms. The van der Waals surface area contributed by atoms with Crippen LogP contribution in [0.1, 0.15) is 12.5 Å². The predicted octanol–water partition coefficient (Wildman–Crippen LogP) is 1.34. The lowest BCUT2D eigenvalue weighted by atomic mass is 10.3.